The number of hydrogen-bond acceptors (Lipinski definition) is 5. The van der Waals surface area contributed by atoms with Crippen LogP contribution in [0.25, 0.3) is 6.08 Å². The maximum absolute atomic E-state index is 12.1. The molecule has 0 saturated carbocycles. The number of benzene rings is 2. The van der Waals surface area contributed by atoms with E-state index in [2.05, 4.69) is 4.72 Å². The summed E-state index contributed by atoms with van der Waals surface area (Å²) in [6, 6.07) is 12.3. The van der Waals surface area contributed by atoms with E-state index >= 15 is 0 Å². The van der Waals surface area contributed by atoms with Crippen molar-refractivity contribution in [3.8, 4) is 5.75 Å². The number of carbonyl (C=O) groups is 1. The van der Waals surface area contributed by atoms with Crippen LogP contribution in [0.3, 0.4) is 0 Å². The van der Waals surface area contributed by atoms with Crippen LogP contribution in [0, 0.1) is 6.92 Å². The lowest BCUT2D eigenvalue weighted by atomic mass is 10.1. The summed E-state index contributed by atoms with van der Waals surface area (Å²) in [5.74, 6) is -0.293. The van der Waals surface area contributed by atoms with Crippen LogP contribution in [0.1, 0.15) is 16.7 Å². The molecule has 0 amide bonds. The van der Waals surface area contributed by atoms with E-state index in [1.807, 2.05) is 31.2 Å². The first-order valence-electron chi connectivity index (χ1n) is 7.87. The molecule has 0 saturated heterocycles. The lowest BCUT2D eigenvalue weighted by Gasteiger charge is -2.09. The van der Waals surface area contributed by atoms with E-state index in [-0.39, 0.29) is 17.3 Å². The standard InChI is InChI=1S/C19H21NO5S/c1-14-5-4-6-16(11-14)13-25-19(21)10-8-15-7-9-17(24-3)18(12-15)26(22,23)20-2/h4-12,20H,13H2,1-3H3/b10-8+. The Hall–Kier alpha value is -2.64. The summed E-state index contributed by atoms with van der Waals surface area (Å²) in [7, 11) is -0.967. The van der Waals surface area contributed by atoms with Crippen molar-refractivity contribution in [1.82, 2.24) is 4.72 Å². The van der Waals surface area contributed by atoms with Gasteiger partial charge in [-0.25, -0.2) is 17.9 Å². The molecular weight excluding hydrogens is 354 g/mol. The highest BCUT2D eigenvalue weighted by Crippen LogP contribution is 2.25. The first kappa shape index (κ1) is 19.7. The molecule has 0 aliphatic heterocycles. The van der Waals surface area contributed by atoms with Crippen molar-refractivity contribution in [2.45, 2.75) is 18.4 Å². The fourth-order valence-corrected chi connectivity index (χ4v) is 3.21. The number of rotatable bonds is 7. The molecule has 138 valence electrons. The lowest BCUT2D eigenvalue weighted by Crippen LogP contribution is -2.19. The first-order chi connectivity index (χ1) is 12.4. The monoisotopic (exact) mass is 375 g/mol. The van der Waals surface area contributed by atoms with Gasteiger partial charge >= 0.3 is 5.97 Å². The zero-order valence-corrected chi connectivity index (χ0v) is 15.7. The molecule has 0 aliphatic rings. The van der Waals surface area contributed by atoms with Gasteiger partial charge in [-0.15, -0.1) is 0 Å². The smallest absolute Gasteiger partial charge is 0.331 e. The number of sulfonamides is 1. The molecule has 0 unspecified atom stereocenters. The zero-order chi connectivity index (χ0) is 19.2. The maximum Gasteiger partial charge on any atom is 0.331 e. The van der Waals surface area contributed by atoms with Gasteiger partial charge in [0.25, 0.3) is 0 Å². The van der Waals surface area contributed by atoms with Gasteiger partial charge in [0.2, 0.25) is 10.0 Å². The third-order valence-corrected chi connectivity index (χ3v) is 5.06. The predicted molar refractivity (Wildman–Crippen MR) is 99.2 cm³/mol. The fourth-order valence-electron chi connectivity index (χ4n) is 2.29. The highest BCUT2D eigenvalue weighted by molar-refractivity contribution is 7.89. The second-order valence-electron chi connectivity index (χ2n) is 5.55. The molecule has 0 radical (unpaired) electrons. The second-order valence-corrected chi connectivity index (χ2v) is 7.40. The average Bonchev–Trinajstić information content (AvgIpc) is 2.64. The van der Waals surface area contributed by atoms with Crippen LogP contribution in [0.5, 0.6) is 5.75 Å². The molecule has 0 aliphatic carbocycles. The van der Waals surface area contributed by atoms with Crippen LogP contribution in [-0.4, -0.2) is 28.5 Å². The Morgan fingerprint density at radius 3 is 2.62 bits per heavy atom. The Labute approximate surface area is 153 Å². The predicted octanol–water partition coefficient (Wildman–Crippen LogP) is 2.67. The Bertz CT molecular complexity index is 919. The molecule has 0 bridgehead atoms. The van der Waals surface area contributed by atoms with E-state index < -0.39 is 16.0 Å². The van der Waals surface area contributed by atoms with Crippen LogP contribution in [-0.2, 0) is 26.2 Å². The number of methoxy groups -OCH3 is 1. The van der Waals surface area contributed by atoms with Crippen molar-refractivity contribution in [1.29, 1.82) is 0 Å². The van der Waals surface area contributed by atoms with Gasteiger partial charge < -0.3 is 9.47 Å². The van der Waals surface area contributed by atoms with E-state index in [0.717, 1.165) is 11.1 Å². The molecule has 7 heteroatoms. The van der Waals surface area contributed by atoms with Crippen LogP contribution in [0.2, 0.25) is 0 Å². The van der Waals surface area contributed by atoms with Crippen LogP contribution in [0.15, 0.2) is 53.4 Å². The summed E-state index contributed by atoms with van der Waals surface area (Å²) in [6.45, 7) is 2.14. The van der Waals surface area contributed by atoms with Gasteiger partial charge in [-0.3, -0.25) is 0 Å². The van der Waals surface area contributed by atoms with Crippen molar-refractivity contribution in [3.05, 3.63) is 65.2 Å². The van der Waals surface area contributed by atoms with Gasteiger partial charge in [-0.05, 0) is 43.3 Å². The number of carbonyl (C=O) groups excluding carboxylic acids is 1. The van der Waals surface area contributed by atoms with Crippen molar-refractivity contribution < 1.29 is 22.7 Å². The molecular formula is C19H21NO5S. The quantitative estimate of drug-likeness (QED) is 0.594. The zero-order valence-electron chi connectivity index (χ0n) is 14.9. The van der Waals surface area contributed by atoms with Gasteiger partial charge in [0, 0.05) is 6.08 Å². The fraction of sp³-hybridized carbons (Fsp3) is 0.211. The Kier molecular flexibility index (Phi) is 6.54. The van der Waals surface area contributed by atoms with Crippen LogP contribution >= 0.6 is 0 Å². The van der Waals surface area contributed by atoms with Crippen molar-refractivity contribution in [3.63, 3.8) is 0 Å². The summed E-state index contributed by atoms with van der Waals surface area (Å²) < 4.78 is 36.6. The van der Waals surface area contributed by atoms with E-state index in [0.29, 0.717) is 5.56 Å². The lowest BCUT2D eigenvalue weighted by molar-refractivity contribution is -0.138. The molecule has 0 atom stereocenters. The number of esters is 1. The number of ether oxygens (including phenoxy) is 2. The topological polar surface area (TPSA) is 81.7 Å². The third-order valence-electron chi connectivity index (χ3n) is 3.62. The number of aryl methyl sites for hydroxylation is 1. The van der Waals surface area contributed by atoms with E-state index in [1.54, 1.807) is 6.07 Å². The highest BCUT2D eigenvalue weighted by Gasteiger charge is 2.17. The van der Waals surface area contributed by atoms with E-state index in [1.165, 1.54) is 38.4 Å². The largest absolute Gasteiger partial charge is 0.495 e. The Balaban J connectivity index is 2.09. The molecule has 0 aromatic heterocycles. The molecule has 6 nitrogen and oxygen atoms in total. The summed E-state index contributed by atoms with van der Waals surface area (Å²) in [6.07, 6.45) is 2.75. The van der Waals surface area contributed by atoms with Gasteiger partial charge in [0.1, 0.15) is 17.3 Å². The van der Waals surface area contributed by atoms with Crippen molar-refractivity contribution in [2.75, 3.05) is 14.2 Å². The molecule has 1 N–H and O–H groups in total. The molecule has 0 heterocycles. The second kappa shape index (κ2) is 8.64. The maximum atomic E-state index is 12.1. The minimum absolute atomic E-state index is 0.00206. The third kappa shape index (κ3) is 5.18. The minimum Gasteiger partial charge on any atom is -0.495 e. The van der Waals surface area contributed by atoms with Gasteiger partial charge in [-0.2, -0.15) is 0 Å². The number of hydrogen-bond donors (Lipinski definition) is 1. The first-order valence-corrected chi connectivity index (χ1v) is 9.36. The van der Waals surface area contributed by atoms with Crippen LogP contribution in [0.4, 0.5) is 0 Å². The van der Waals surface area contributed by atoms with Gasteiger partial charge in [0.15, 0.2) is 0 Å². The van der Waals surface area contributed by atoms with E-state index in [9.17, 15) is 13.2 Å². The summed E-state index contributed by atoms with van der Waals surface area (Å²) in [4.78, 5) is 11.9. The SMILES string of the molecule is CNS(=O)(=O)c1cc(/C=C/C(=O)OCc2cccc(C)c2)ccc1OC. The normalized spacial score (nSPS) is 11.5. The number of nitrogens with one attached hydrogen (secondary N) is 1. The molecule has 2 aromatic rings. The molecule has 0 fully saturated rings. The van der Waals surface area contributed by atoms with E-state index in [4.69, 9.17) is 9.47 Å². The van der Waals surface area contributed by atoms with Crippen LogP contribution < -0.4 is 9.46 Å². The molecule has 0 spiro atoms. The van der Waals surface area contributed by atoms with Crippen molar-refractivity contribution >= 4 is 22.1 Å². The Morgan fingerprint density at radius 1 is 1.19 bits per heavy atom. The molecule has 2 rings (SSSR count). The summed E-state index contributed by atoms with van der Waals surface area (Å²) >= 11 is 0. The summed E-state index contributed by atoms with van der Waals surface area (Å²) in [5.41, 5.74) is 2.52. The van der Waals surface area contributed by atoms with Crippen molar-refractivity contribution in [2.24, 2.45) is 0 Å². The molecule has 26 heavy (non-hydrogen) atoms. The highest BCUT2D eigenvalue weighted by atomic mass is 32.2. The Morgan fingerprint density at radius 2 is 1.96 bits per heavy atom. The minimum atomic E-state index is -3.68. The molecule has 2 aromatic carbocycles. The average molecular weight is 375 g/mol. The van der Waals surface area contributed by atoms with Gasteiger partial charge in [-0.1, -0.05) is 35.9 Å². The van der Waals surface area contributed by atoms with Gasteiger partial charge in [0.05, 0.1) is 7.11 Å². The summed E-state index contributed by atoms with van der Waals surface area (Å²) in [5, 5.41) is 0.